The fraction of sp³-hybridized carbons (Fsp3) is 1.00. The van der Waals surface area contributed by atoms with Crippen LogP contribution in [0.5, 0.6) is 0 Å². The van der Waals surface area contributed by atoms with Crippen LogP contribution in [0.15, 0.2) is 0 Å². The van der Waals surface area contributed by atoms with Crippen molar-refractivity contribution in [3.8, 4) is 0 Å². The number of hydrogen-bond donors (Lipinski definition) is 1. The van der Waals surface area contributed by atoms with Gasteiger partial charge in [0, 0.05) is 19.2 Å². The highest BCUT2D eigenvalue weighted by Crippen LogP contribution is 2.21. The van der Waals surface area contributed by atoms with Crippen molar-refractivity contribution < 1.29 is 4.74 Å². The second-order valence-corrected chi connectivity index (χ2v) is 5.90. The molecule has 0 aromatic carbocycles. The van der Waals surface area contributed by atoms with Crippen LogP contribution < -0.4 is 5.32 Å². The summed E-state index contributed by atoms with van der Waals surface area (Å²) < 4.78 is 5.30. The third kappa shape index (κ3) is 7.80. The molecule has 0 rings (SSSR count). The topological polar surface area (TPSA) is 21.3 Å². The van der Waals surface area contributed by atoms with E-state index in [1.165, 1.54) is 12.8 Å². The molecular formula is C13H29NO. The molecule has 0 aliphatic carbocycles. The molecular weight excluding hydrogens is 186 g/mol. The monoisotopic (exact) mass is 215 g/mol. The van der Waals surface area contributed by atoms with Crippen molar-refractivity contribution in [2.75, 3.05) is 7.11 Å². The first-order chi connectivity index (χ1) is 6.76. The molecule has 0 radical (unpaired) electrons. The number of ether oxygens (including phenoxy) is 1. The van der Waals surface area contributed by atoms with Crippen LogP contribution in [-0.2, 0) is 4.74 Å². The maximum absolute atomic E-state index is 5.30. The first kappa shape index (κ1) is 14.9. The number of hydrogen-bond acceptors (Lipinski definition) is 2. The molecule has 0 aromatic heterocycles. The molecule has 0 saturated carbocycles. The molecule has 92 valence electrons. The van der Waals surface area contributed by atoms with E-state index in [-0.39, 0.29) is 6.10 Å². The molecule has 0 aliphatic heterocycles. The Morgan fingerprint density at radius 3 is 2.07 bits per heavy atom. The lowest BCUT2D eigenvalue weighted by molar-refractivity contribution is 0.0841. The fourth-order valence-electron chi connectivity index (χ4n) is 1.52. The first-order valence-electron chi connectivity index (χ1n) is 6.05. The number of rotatable bonds is 6. The lowest BCUT2D eigenvalue weighted by Crippen LogP contribution is -2.42. The second-order valence-electron chi connectivity index (χ2n) is 5.90. The third-order valence-electron chi connectivity index (χ3n) is 2.95. The van der Waals surface area contributed by atoms with Crippen molar-refractivity contribution in [3.63, 3.8) is 0 Å². The van der Waals surface area contributed by atoms with Crippen LogP contribution in [0.25, 0.3) is 0 Å². The fourth-order valence-corrected chi connectivity index (χ4v) is 1.52. The molecule has 3 atom stereocenters. The van der Waals surface area contributed by atoms with E-state index in [4.69, 9.17) is 4.74 Å². The van der Waals surface area contributed by atoms with Gasteiger partial charge < -0.3 is 10.1 Å². The van der Waals surface area contributed by atoms with Crippen LogP contribution in [0.4, 0.5) is 0 Å². The average Bonchev–Trinajstić information content (AvgIpc) is 2.12. The molecule has 2 heteroatoms. The Kier molecular flexibility index (Phi) is 6.46. The molecule has 0 amide bonds. The van der Waals surface area contributed by atoms with Gasteiger partial charge >= 0.3 is 0 Å². The maximum atomic E-state index is 5.30. The highest BCUT2D eigenvalue weighted by molar-refractivity contribution is 4.74. The summed E-state index contributed by atoms with van der Waals surface area (Å²) in [5, 5.41) is 3.58. The zero-order chi connectivity index (χ0) is 12.1. The standard InChI is InChI=1S/C13H29NO/c1-10(8-9-13(4,5)6)14-11(2)12(3)15-7/h10-12,14H,8-9H2,1-7H3. The molecule has 0 fully saturated rings. The van der Waals surface area contributed by atoms with E-state index in [0.717, 1.165) is 0 Å². The van der Waals surface area contributed by atoms with Gasteiger partial charge in [-0.25, -0.2) is 0 Å². The summed E-state index contributed by atoms with van der Waals surface area (Å²) in [6.45, 7) is 13.4. The van der Waals surface area contributed by atoms with Crippen LogP contribution in [0.2, 0.25) is 0 Å². The minimum absolute atomic E-state index is 0.280. The smallest absolute Gasteiger partial charge is 0.0693 e. The predicted molar refractivity (Wildman–Crippen MR) is 67.2 cm³/mol. The Balaban J connectivity index is 3.78. The van der Waals surface area contributed by atoms with Gasteiger partial charge in [0.1, 0.15) is 0 Å². The van der Waals surface area contributed by atoms with Crippen molar-refractivity contribution in [3.05, 3.63) is 0 Å². The lowest BCUT2D eigenvalue weighted by atomic mass is 9.89. The van der Waals surface area contributed by atoms with Gasteiger partial charge in [-0.15, -0.1) is 0 Å². The van der Waals surface area contributed by atoms with E-state index in [9.17, 15) is 0 Å². The summed E-state index contributed by atoms with van der Waals surface area (Å²) in [7, 11) is 1.77. The summed E-state index contributed by atoms with van der Waals surface area (Å²) in [6, 6.07) is 0.988. The van der Waals surface area contributed by atoms with Gasteiger partial charge in [-0.2, -0.15) is 0 Å². The van der Waals surface area contributed by atoms with E-state index < -0.39 is 0 Å². The number of methoxy groups -OCH3 is 1. The molecule has 0 saturated heterocycles. The highest BCUT2D eigenvalue weighted by atomic mass is 16.5. The Hall–Kier alpha value is -0.0800. The highest BCUT2D eigenvalue weighted by Gasteiger charge is 2.16. The van der Waals surface area contributed by atoms with Crippen LogP contribution in [0.1, 0.15) is 54.4 Å². The van der Waals surface area contributed by atoms with Crippen molar-refractivity contribution in [2.45, 2.75) is 72.6 Å². The molecule has 2 nitrogen and oxygen atoms in total. The SMILES string of the molecule is COC(C)C(C)NC(C)CCC(C)(C)C. The molecule has 15 heavy (non-hydrogen) atoms. The lowest BCUT2D eigenvalue weighted by Gasteiger charge is -2.26. The molecule has 0 aliphatic rings. The summed E-state index contributed by atoms with van der Waals surface area (Å²) in [5.74, 6) is 0. The van der Waals surface area contributed by atoms with Crippen molar-refractivity contribution in [1.29, 1.82) is 0 Å². The van der Waals surface area contributed by atoms with Crippen molar-refractivity contribution >= 4 is 0 Å². The van der Waals surface area contributed by atoms with Gasteiger partial charge in [0.05, 0.1) is 6.10 Å². The molecule has 0 heterocycles. The van der Waals surface area contributed by atoms with Crippen LogP contribution >= 0.6 is 0 Å². The Bertz CT molecular complexity index is 162. The minimum Gasteiger partial charge on any atom is -0.380 e. The summed E-state index contributed by atoms with van der Waals surface area (Å²) in [6.07, 6.45) is 2.77. The Morgan fingerprint density at radius 2 is 1.67 bits per heavy atom. The summed E-state index contributed by atoms with van der Waals surface area (Å²) in [4.78, 5) is 0. The largest absolute Gasteiger partial charge is 0.380 e. The van der Waals surface area contributed by atoms with Gasteiger partial charge in [-0.3, -0.25) is 0 Å². The Morgan fingerprint density at radius 1 is 1.13 bits per heavy atom. The molecule has 1 N–H and O–H groups in total. The van der Waals surface area contributed by atoms with Gasteiger partial charge in [0.15, 0.2) is 0 Å². The van der Waals surface area contributed by atoms with E-state index >= 15 is 0 Å². The number of nitrogens with one attached hydrogen (secondary N) is 1. The van der Waals surface area contributed by atoms with Crippen LogP contribution in [0.3, 0.4) is 0 Å². The quantitative estimate of drug-likeness (QED) is 0.734. The molecule has 0 aromatic rings. The van der Waals surface area contributed by atoms with E-state index in [0.29, 0.717) is 17.5 Å². The summed E-state index contributed by atoms with van der Waals surface area (Å²) in [5.41, 5.74) is 0.437. The first-order valence-corrected chi connectivity index (χ1v) is 6.05. The van der Waals surface area contributed by atoms with E-state index in [1.54, 1.807) is 7.11 Å². The van der Waals surface area contributed by atoms with Crippen LogP contribution in [0, 0.1) is 5.41 Å². The molecule has 3 unspecified atom stereocenters. The average molecular weight is 215 g/mol. The molecule has 0 bridgehead atoms. The third-order valence-corrected chi connectivity index (χ3v) is 2.95. The normalized spacial score (nSPS) is 18.6. The zero-order valence-corrected chi connectivity index (χ0v) is 11.6. The van der Waals surface area contributed by atoms with Crippen molar-refractivity contribution in [2.24, 2.45) is 5.41 Å². The maximum Gasteiger partial charge on any atom is 0.0693 e. The van der Waals surface area contributed by atoms with E-state index in [2.05, 4.69) is 46.9 Å². The van der Waals surface area contributed by atoms with Gasteiger partial charge in [-0.1, -0.05) is 20.8 Å². The van der Waals surface area contributed by atoms with Crippen LogP contribution in [-0.4, -0.2) is 25.3 Å². The Labute approximate surface area is 95.8 Å². The second kappa shape index (κ2) is 6.49. The van der Waals surface area contributed by atoms with E-state index in [1.807, 2.05) is 0 Å². The van der Waals surface area contributed by atoms with Crippen molar-refractivity contribution in [1.82, 2.24) is 5.32 Å². The van der Waals surface area contributed by atoms with Gasteiger partial charge in [0.25, 0.3) is 0 Å². The summed E-state index contributed by atoms with van der Waals surface area (Å²) >= 11 is 0. The van der Waals surface area contributed by atoms with Gasteiger partial charge in [-0.05, 0) is 39.0 Å². The minimum atomic E-state index is 0.280. The zero-order valence-electron chi connectivity index (χ0n) is 11.6. The predicted octanol–water partition coefficient (Wildman–Crippen LogP) is 3.21. The van der Waals surface area contributed by atoms with Gasteiger partial charge in [0.2, 0.25) is 0 Å². The molecule has 0 spiro atoms.